The van der Waals surface area contributed by atoms with Gasteiger partial charge >= 0.3 is 0 Å². The Labute approximate surface area is 194 Å². The summed E-state index contributed by atoms with van der Waals surface area (Å²) >= 11 is 9.61. The Morgan fingerprint density at radius 1 is 1.32 bits per heavy atom. The topological polar surface area (TPSA) is 90.5 Å². The van der Waals surface area contributed by atoms with Gasteiger partial charge < -0.3 is 20.4 Å². The lowest BCUT2D eigenvalue weighted by Crippen LogP contribution is -2.31. The molecule has 0 saturated carbocycles. The van der Waals surface area contributed by atoms with Gasteiger partial charge in [-0.05, 0) is 54.6 Å². The van der Waals surface area contributed by atoms with Crippen LogP contribution < -0.4 is 10.6 Å². The zero-order valence-corrected chi connectivity index (χ0v) is 19.7. The molecule has 0 bridgehead atoms. The number of hydrogen-bond acceptors (Lipinski definition) is 6. The number of nitrogens with one attached hydrogen (secondary N) is 2. The highest BCUT2D eigenvalue weighted by molar-refractivity contribution is 9.10. The van der Waals surface area contributed by atoms with Gasteiger partial charge in [0.2, 0.25) is 11.9 Å². The van der Waals surface area contributed by atoms with Crippen molar-refractivity contribution in [3.05, 3.63) is 57.8 Å². The summed E-state index contributed by atoms with van der Waals surface area (Å²) in [6.45, 7) is 1.83. The number of likely N-dealkylation sites (N-methyl/N-ethyl adjacent to an activating group) is 1. The Balaban J connectivity index is 1.57. The fraction of sp³-hybridized carbons (Fsp3) is 0.333. The van der Waals surface area contributed by atoms with E-state index in [1.165, 1.54) is 6.08 Å². The number of anilines is 2. The van der Waals surface area contributed by atoms with Crippen molar-refractivity contribution in [1.29, 1.82) is 0 Å². The average molecular weight is 508 g/mol. The molecule has 1 aromatic heterocycles. The first kappa shape index (κ1) is 23.2. The molecule has 10 heteroatoms. The lowest BCUT2D eigenvalue weighted by atomic mass is 10.1. The number of carbonyl (C=O) groups excluding carboxylic acids is 2. The van der Waals surface area contributed by atoms with E-state index in [4.69, 9.17) is 11.6 Å². The van der Waals surface area contributed by atoms with Gasteiger partial charge in [0, 0.05) is 49.7 Å². The van der Waals surface area contributed by atoms with Crippen molar-refractivity contribution in [1.82, 2.24) is 19.8 Å². The van der Waals surface area contributed by atoms with Crippen LogP contribution in [0.4, 0.5) is 11.6 Å². The largest absolute Gasteiger partial charge is 0.350 e. The molecule has 2 heterocycles. The van der Waals surface area contributed by atoms with Crippen LogP contribution in [-0.4, -0.2) is 71.4 Å². The van der Waals surface area contributed by atoms with Gasteiger partial charge in [-0.3, -0.25) is 9.59 Å². The van der Waals surface area contributed by atoms with Crippen LogP contribution >= 0.6 is 27.5 Å². The van der Waals surface area contributed by atoms with E-state index >= 15 is 0 Å². The maximum Gasteiger partial charge on any atom is 0.253 e. The van der Waals surface area contributed by atoms with E-state index in [1.807, 2.05) is 19.0 Å². The molecule has 0 aliphatic carbocycles. The summed E-state index contributed by atoms with van der Waals surface area (Å²) in [6, 6.07) is 4.98. The number of carbonyl (C=O) groups is 2. The molecule has 2 N–H and O–H groups in total. The molecule has 2 amide bonds. The molecule has 1 aliphatic heterocycles. The number of halogens is 2. The summed E-state index contributed by atoms with van der Waals surface area (Å²) in [4.78, 5) is 37.0. The highest BCUT2D eigenvalue weighted by Gasteiger charge is 2.27. The van der Waals surface area contributed by atoms with Crippen molar-refractivity contribution in [3.63, 3.8) is 0 Å². The number of nitrogens with zero attached hydrogens (tertiary/aromatic N) is 4. The predicted octanol–water partition coefficient (Wildman–Crippen LogP) is 3.28. The lowest BCUT2D eigenvalue weighted by Gasteiger charge is -2.18. The number of aromatic nitrogens is 2. The van der Waals surface area contributed by atoms with Crippen molar-refractivity contribution in [2.75, 3.05) is 44.4 Å². The van der Waals surface area contributed by atoms with Crippen molar-refractivity contribution in [2.24, 2.45) is 0 Å². The van der Waals surface area contributed by atoms with Crippen LogP contribution in [0.2, 0.25) is 5.02 Å². The number of amides is 2. The molecule has 1 aromatic carbocycles. The molecule has 1 unspecified atom stereocenters. The van der Waals surface area contributed by atoms with Crippen LogP contribution in [0, 0.1) is 0 Å². The second-order valence-electron chi connectivity index (χ2n) is 7.45. The maximum atomic E-state index is 12.9. The van der Waals surface area contributed by atoms with E-state index in [2.05, 4.69) is 36.5 Å². The quantitative estimate of drug-likeness (QED) is 0.559. The Bertz CT molecular complexity index is 967. The summed E-state index contributed by atoms with van der Waals surface area (Å²) < 4.78 is 0.808. The van der Waals surface area contributed by atoms with Gasteiger partial charge in [0.1, 0.15) is 0 Å². The summed E-state index contributed by atoms with van der Waals surface area (Å²) in [5, 5.41) is 6.30. The van der Waals surface area contributed by atoms with Crippen molar-refractivity contribution in [2.45, 2.75) is 12.5 Å². The zero-order valence-electron chi connectivity index (χ0n) is 17.3. The van der Waals surface area contributed by atoms with E-state index in [0.717, 1.165) is 10.9 Å². The summed E-state index contributed by atoms with van der Waals surface area (Å²) in [7, 11) is 3.84. The Morgan fingerprint density at radius 3 is 2.74 bits per heavy atom. The van der Waals surface area contributed by atoms with E-state index in [-0.39, 0.29) is 17.9 Å². The molecule has 0 radical (unpaired) electrons. The molecule has 3 rings (SSSR count). The van der Waals surface area contributed by atoms with Gasteiger partial charge in [0.05, 0.1) is 15.2 Å². The van der Waals surface area contributed by atoms with Gasteiger partial charge in [-0.15, -0.1) is 0 Å². The zero-order chi connectivity index (χ0) is 22.4. The molecule has 1 fully saturated rings. The van der Waals surface area contributed by atoms with E-state index in [0.29, 0.717) is 41.9 Å². The Hall–Kier alpha value is -2.49. The van der Waals surface area contributed by atoms with Crippen LogP contribution in [0.15, 0.2) is 47.2 Å². The van der Waals surface area contributed by atoms with Crippen LogP contribution in [0.1, 0.15) is 16.8 Å². The van der Waals surface area contributed by atoms with Crippen molar-refractivity contribution < 1.29 is 9.59 Å². The van der Waals surface area contributed by atoms with Crippen LogP contribution in [0.5, 0.6) is 0 Å². The molecule has 8 nitrogen and oxygen atoms in total. The summed E-state index contributed by atoms with van der Waals surface area (Å²) in [5.74, 6) is 0.156. The van der Waals surface area contributed by atoms with Gasteiger partial charge in [0.25, 0.3) is 5.91 Å². The third-order valence-corrected chi connectivity index (χ3v) is 5.36. The molecule has 164 valence electrons. The monoisotopic (exact) mass is 506 g/mol. The maximum absolute atomic E-state index is 12.9. The fourth-order valence-corrected chi connectivity index (χ4v) is 3.54. The van der Waals surface area contributed by atoms with Gasteiger partial charge in [-0.25, -0.2) is 9.97 Å². The normalized spacial score (nSPS) is 16.2. The third kappa shape index (κ3) is 6.75. The third-order valence-electron chi connectivity index (χ3n) is 4.64. The van der Waals surface area contributed by atoms with E-state index in [1.54, 1.807) is 41.6 Å². The predicted molar refractivity (Wildman–Crippen MR) is 125 cm³/mol. The molecule has 1 aliphatic rings. The van der Waals surface area contributed by atoms with E-state index in [9.17, 15) is 9.59 Å². The second-order valence-corrected chi connectivity index (χ2v) is 8.78. The Morgan fingerprint density at radius 2 is 2.06 bits per heavy atom. The number of likely N-dealkylation sites (tertiary alicyclic amines) is 1. The van der Waals surface area contributed by atoms with Crippen LogP contribution in [0.3, 0.4) is 0 Å². The fourth-order valence-electron chi connectivity index (χ4n) is 3.11. The van der Waals surface area contributed by atoms with Crippen LogP contribution in [-0.2, 0) is 4.79 Å². The minimum absolute atomic E-state index is 0.0770. The van der Waals surface area contributed by atoms with Gasteiger partial charge in [0.15, 0.2) is 0 Å². The first-order valence-electron chi connectivity index (χ1n) is 9.77. The summed E-state index contributed by atoms with van der Waals surface area (Å²) in [6.07, 6.45) is 7.37. The first-order chi connectivity index (χ1) is 14.8. The van der Waals surface area contributed by atoms with Crippen LogP contribution in [0.25, 0.3) is 0 Å². The smallest absolute Gasteiger partial charge is 0.253 e. The minimum Gasteiger partial charge on any atom is -0.350 e. The Kier molecular flexibility index (Phi) is 8.00. The van der Waals surface area contributed by atoms with E-state index < -0.39 is 0 Å². The number of hydrogen-bond donors (Lipinski definition) is 2. The second kappa shape index (κ2) is 10.7. The summed E-state index contributed by atoms with van der Waals surface area (Å²) in [5.41, 5.74) is 0.942. The molecule has 1 saturated heterocycles. The number of rotatable bonds is 7. The lowest BCUT2D eigenvalue weighted by molar-refractivity contribution is -0.111. The molecular weight excluding hydrogens is 484 g/mol. The number of benzene rings is 1. The standard InChI is InChI=1S/C21H24BrClN6O2/c1-28(2)8-3-4-19(30)27-18-6-5-14(10-17(18)23)20(31)29-9-7-16(13-29)26-21-24-11-15(22)12-25-21/h3-6,10-12,16H,7-9,13H2,1-2H3,(H,27,30)(H,24,25,26)/b4-3+. The van der Waals surface area contributed by atoms with Crippen molar-refractivity contribution in [3.8, 4) is 0 Å². The molecule has 1 atom stereocenters. The first-order valence-corrected chi connectivity index (χ1v) is 10.9. The van der Waals surface area contributed by atoms with Crippen molar-refractivity contribution >= 4 is 51.0 Å². The van der Waals surface area contributed by atoms with Gasteiger partial charge in [-0.2, -0.15) is 0 Å². The molecule has 2 aromatic rings. The minimum atomic E-state index is -0.272. The highest BCUT2D eigenvalue weighted by atomic mass is 79.9. The SMILES string of the molecule is CN(C)C/C=C/C(=O)Nc1ccc(C(=O)N2CCC(Nc3ncc(Br)cn3)C2)cc1Cl. The average Bonchev–Trinajstić information content (AvgIpc) is 3.19. The molecule has 0 spiro atoms. The highest BCUT2D eigenvalue weighted by Crippen LogP contribution is 2.25. The molecular formula is C21H24BrClN6O2. The van der Waals surface area contributed by atoms with Gasteiger partial charge in [-0.1, -0.05) is 17.7 Å². The molecule has 31 heavy (non-hydrogen) atoms.